The third kappa shape index (κ3) is 3.58. The predicted molar refractivity (Wildman–Crippen MR) is 90.7 cm³/mol. The zero-order chi connectivity index (χ0) is 14.7. The average Bonchev–Trinajstić information content (AvgIpc) is 2.95. The largest absolute Gasteiger partial charge is 0.353 e. The number of hydrogen-bond acceptors (Lipinski definition) is 4. The molecule has 3 heterocycles. The second-order valence-electron chi connectivity index (χ2n) is 6.09. The summed E-state index contributed by atoms with van der Waals surface area (Å²) in [5.74, 6) is 1.17. The van der Waals surface area contributed by atoms with Crippen molar-refractivity contribution in [2.75, 3.05) is 37.6 Å². The van der Waals surface area contributed by atoms with Crippen LogP contribution in [0.2, 0.25) is 0 Å². The number of piperazine rings is 1. The Bertz CT molecular complexity index is 479. The Morgan fingerprint density at radius 3 is 3.14 bits per heavy atom. The summed E-state index contributed by atoms with van der Waals surface area (Å²) in [5, 5.41) is 3.51. The Labute approximate surface area is 136 Å². The van der Waals surface area contributed by atoms with Crippen LogP contribution in [0.25, 0.3) is 0 Å². The summed E-state index contributed by atoms with van der Waals surface area (Å²) in [7, 11) is 0. The number of rotatable bonds is 5. The molecule has 0 saturated carbocycles. The van der Waals surface area contributed by atoms with Crippen molar-refractivity contribution in [1.29, 1.82) is 0 Å². The van der Waals surface area contributed by atoms with Crippen LogP contribution in [0.4, 0.5) is 5.82 Å². The first kappa shape index (κ1) is 15.3. The lowest BCUT2D eigenvalue weighted by Crippen LogP contribution is -2.50. The zero-order valence-corrected chi connectivity index (χ0v) is 14.4. The fraction of sp³-hybridized carbons (Fsp3) is 0.688. The van der Waals surface area contributed by atoms with Crippen LogP contribution in [0.5, 0.6) is 0 Å². The van der Waals surface area contributed by atoms with Crippen molar-refractivity contribution >= 4 is 21.7 Å². The van der Waals surface area contributed by atoms with Gasteiger partial charge in [0.2, 0.25) is 0 Å². The molecule has 0 aromatic carbocycles. The maximum atomic E-state index is 4.72. The molecule has 2 saturated heterocycles. The Morgan fingerprint density at radius 2 is 2.29 bits per heavy atom. The average molecular weight is 353 g/mol. The van der Waals surface area contributed by atoms with Crippen molar-refractivity contribution in [3.05, 3.63) is 22.3 Å². The van der Waals surface area contributed by atoms with Crippen molar-refractivity contribution in [2.45, 2.75) is 38.8 Å². The molecular weight excluding hydrogens is 328 g/mol. The molecule has 2 aliphatic rings. The normalized spacial score (nSPS) is 22.6. The maximum absolute atomic E-state index is 4.72. The lowest BCUT2D eigenvalue weighted by Gasteiger charge is -2.38. The minimum Gasteiger partial charge on any atom is -0.353 e. The number of nitrogens with zero attached hydrogens (tertiary/aromatic N) is 3. The first-order valence-electron chi connectivity index (χ1n) is 8.12. The lowest BCUT2D eigenvalue weighted by molar-refractivity contribution is 0.230. The smallest absolute Gasteiger partial charge is 0.133 e. The van der Waals surface area contributed by atoms with Gasteiger partial charge in [-0.2, -0.15) is 0 Å². The topological polar surface area (TPSA) is 31.4 Å². The summed E-state index contributed by atoms with van der Waals surface area (Å²) in [6.45, 7) is 8.87. The molecule has 2 aliphatic heterocycles. The van der Waals surface area contributed by atoms with E-state index in [1.165, 1.54) is 37.3 Å². The van der Waals surface area contributed by atoms with Crippen LogP contribution >= 0.6 is 15.9 Å². The molecule has 1 aromatic rings. The molecule has 1 aromatic heterocycles. The van der Waals surface area contributed by atoms with Gasteiger partial charge in [0.1, 0.15) is 5.82 Å². The summed E-state index contributed by atoms with van der Waals surface area (Å²) in [6.07, 6.45) is 5.80. The number of halogens is 1. The van der Waals surface area contributed by atoms with Crippen LogP contribution in [0.15, 0.2) is 16.7 Å². The van der Waals surface area contributed by atoms with Gasteiger partial charge in [-0.1, -0.05) is 6.92 Å². The fourth-order valence-electron chi connectivity index (χ4n) is 3.47. The van der Waals surface area contributed by atoms with Gasteiger partial charge in [0.05, 0.1) is 0 Å². The highest BCUT2D eigenvalue weighted by Crippen LogP contribution is 2.27. The van der Waals surface area contributed by atoms with E-state index in [2.05, 4.69) is 44.0 Å². The van der Waals surface area contributed by atoms with Crippen LogP contribution in [-0.4, -0.2) is 48.6 Å². The second kappa shape index (κ2) is 7.07. The van der Waals surface area contributed by atoms with Crippen LogP contribution in [-0.2, 0) is 6.54 Å². The highest BCUT2D eigenvalue weighted by molar-refractivity contribution is 9.10. The van der Waals surface area contributed by atoms with E-state index in [0.29, 0.717) is 0 Å². The fourth-order valence-corrected chi connectivity index (χ4v) is 3.85. The predicted octanol–water partition coefficient (Wildman–Crippen LogP) is 2.63. The van der Waals surface area contributed by atoms with E-state index in [1.54, 1.807) is 0 Å². The lowest BCUT2D eigenvalue weighted by atomic mass is 10.1. The first-order chi connectivity index (χ1) is 10.3. The highest BCUT2D eigenvalue weighted by atomic mass is 79.9. The van der Waals surface area contributed by atoms with Crippen LogP contribution in [0.3, 0.4) is 0 Å². The number of aromatic nitrogens is 1. The van der Waals surface area contributed by atoms with Crippen molar-refractivity contribution in [2.24, 2.45) is 0 Å². The number of fused-ring (bicyclic) bond motifs is 1. The molecule has 0 aliphatic carbocycles. The quantitative estimate of drug-likeness (QED) is 0.825. The standard InChI is InChI=1S/C16H25BrN4/c1-2-5-18-10-13-9-14(17)11-19-16(13)21-8-7-20-6-3-4-15(20)12-21/h9,11,15,18H,2-8,10,12H2,1H3. The van der Waals surface area contributed by atoms with Crippen molar-refractivity contribution in [3.8, 4) is 0 Å². The third-order valence-electron chi connectivity index (χ3n) is 4.54. The summed E-state index contributed by atoms with van der Waals surface area (Å²) in [5.41, 5.74) is 1.31. The van der Waals surface area contributed by atoms with Gasteiger partial charge < -0.3 is 10.2 Å². The van der Waals surface area contributed by atoms with Crippen LogP contribution in [0, 0.1) is 0 Å². The Hall–Kier alpha value is -0.650. The SMILES string of the molecule is CCCNCc1cc(Br)cnc1N1CCN2CCCC2C1. The van der Waals surface area contributed by atoms with Gasteiger partial charge in [0.25, 0.3) is 0 Å². The summed E-state index contributed by atoms with van der Waals surface area (Å²) in [6, 6.07) is 2.95. The molecule has 3 rings (SSSR count). The third-order valence-corrected chi connectivity index (χ3v) is 4.97. The molecule has 4 nitrogen and oxygen atoms in total. The van der Waals surface area contributed by atoms with Gasteiger partial charge >= 0.3 is 0 Å². The van der Waals surface area contributed by atoms with Gasteiger partial charge in [-0.15, -0.1) is 0 Å². The van der Waals surface area contributed by atoms with Crippen LogP contribution in [0.1, 0.15) is 31.7 Å². The van der Waals surface area contributed by atoms with Gasteiger partial charge in [0, 0.05) is 48.5 Å². The number of pyridine rings is 1. The molecule has 1 unspecified atom stereocenters. The van der Waals surface area contributed by atoms with Crippen molar-refractivity contribution in [1.82, 2.24) is 15.2 Å². The Kier molecular flexibility index (Phi) is 5.14. The Balaban J connectivity index is 1.74. The zero-order valence-electron chi connectivity index (χ0n) is 12.8. The molecule has 2 fully saturated rings. The number of nitrogens with one attached hydrogen (secondary N) is 1. The summed E-state index contributed by atoms with van der Waals surface area (Å²) < 4.78 is 1.07. The van der Waals surface area contributed by atoms with Crippen LogP contribution < -0.4 is 10.2 Å². The van der Waals surface area contributed by atoms with Gasteiger partial charge in [-0.05, 0) is 54.3 Å². The molecule has 5 heteroatoms. The molecule has 1 N–H and O–H groups in total. The number of hydrogen-bond donors (Lipinski definition) is 1. The maximum Gasteiger partial charge on any atom is 0.133 e. The van der Waals surface area contributed by atoms with E-state index < -0.39 is 0 Å². The minimum absolute atomic E-state index is 0.737. The molecule has 0 radical (unpaired) electrons. The van der Waals surface area contributed by atoms with E-state index >= 15 is 0 Å². The summed E-state index contributed by atoms with van der Waals surface area (Å²) in [4.78, 5) is 9.85. The van der Waals surface area contributed by atoms with E-state index in [0.717, 1.165) is 43.1 Å². The molecule has 116 valence electrons. The molecular formula is C16H25BrN4. The molecule has 1 atom stereocenters. The summed E-state index contributed by atoms with van der Waals surface area (Å²) >= 11 is 3.56. The van der Waals surface area contributed by atoms with Crippen molar-refractivity contribution < 1.29 is 0 Å². The van der Waals surface area contributed by atoms with E-state index in [-0.39, 0.29) is 0 Å². The molecule has 21 heavy (non-hydrogen) atoms. The second-order valence-corrected chi connectivity index (χ2v) is 7.01. The van der Waals surface area contributed by atoms with Gasteiger partial charge in [0.15, 0.2) is 0 Å². The molecule has 0 amide bonds. The van der Waals surface area contributed by atoms with E-state index in [9.17, 15) is 0 Å². The monoisotopic (exact) mass is 352 g/mol. The highest BCUT2D eigenvalue weighted by Gasteiger charge is 2.31. The number of anilines is 1. The molecule has 0 spiro atoms. The van der Waals surface area contributed by atoms with E-state index in [4.69, 9.17) is 4.98 Å². The molecule has 0 bridgehead atoms. The Morgan fingerprint density at radius 1 is 1.38 bits per heavy atom. The minimum atomic E-state index is 0.737. The first-order valence-corrected chi connectivity index (χ1v) is 8.91. The van der Waals surface area contributed by atoms with Crippen molar-refractivity contribution in [3.63, 3.8) is 0 Å². The van der Waals surface area contributed by atoms with Gasteiger partial charge in [-0.3, -0.25) is 4.90 Å². The van der Waals surface area contributed by atoms with E-state index in [1.807, 2.05) is 6.20 Å². The van der Waals surface area contributed by atoms with Gasteiger partial charge in [-0.25, -0.2) is 4.98 Å².